The van der Waals surface area contributed by atoms with E-state index in [1.807, 2.05) is 0 Å². The SMILES string of the molecule is CN(C)CCN(CC1CCCO1)c1cc(C2CCN(C)CC2)ncn1. The lowest BCUT2D eigenvalue weighted by Crippen LogP contribution is -2.38. The highest BCUT2D eigenvalue weighted by molar-refractivity contribution is 5.40. The number of likely N-dealkylation sites (tertiary alicyclic amines) is 1. The summed E-state index contributed by atoms with van der Waals surface area (Å²) < 4.78 is 5.87. The lowest BCUT2D eigenvalue weighted by molar-refractivity contribution is 0.115. The molecule has 1 aromatic heterocycles. The molecule has 1 atom stereocenters. The van der Waals surface area contributed by atoms with Gasteiger partial charge in [0.25, 0.3) is 0 Å². The third-order valence-electron chi connectivity index (χ3n) is 5.40. The van der Waals surface area contributed by atoms with Crippen LogP contribution in [0.1, 0.15) is 37.3 Å². The molecule has 140 valence electrons. The molecule has 25 heavy (non-hydrogen) atoms. The summed E-state index contributed by atoms with van der Waals surface area (Å²) in [7, 11) is 6.44. The Labute approximate surface area is 152 Å². The molecular formula is C19H33N5O. The fraction of sp³-hybridized carbons (Fsp3) is 0.789. The second kappa shape index (κ2) is 8.92. The molecule has 6 heteroatoms. The lowest BCUT2D eigenvalue weighted by Gasteiger charge is -2.30. The third kappa shape index (κ3) is 5.36. The number of aromatic nitrogens is 2. The maximum atomic E-state index is 5.87. The monoisotopic (exact) mass is 347 g/mol. The van der Waals surface area contributed by atoms with Gasteiger partial charge in [0.15, 0.2) is 0 Å². The van der Waals surface area contributed by atoms with Crippen LogP contribution in [0.5, 0.6) is 0 Å². The quantitative estimate of drug-likeness (QED) is 0.750. The molecule has 2 aliphatic heterocycles. The number of nitrogens with zero attached hydrogens (tertiary/aromatic N) is 5. The van der Waals surface area contributed by atoms with Gasteiger partial charge in [-0.25, -0.2) is 9.97 Å². The number of hydrogen-bond acceptors (Lipinski definition) is 6. The largest absolute Gasteiger partial charge is 0.376 e. The highest BCUT2D eigenvalue weighted by atomic mass is 16.5. The molecule has 3 heterocycles. The van der Waals surface area contributed by atoms with Crippen LogP contribution in [0, 0.1) is 0 Å². The first-order valence-corrected chi connectivity index (χ1v) is 9.63. The van der Waals surface area contributed by atoms with Gasteiger partial charge in [0.05, 0.1) is 6.10 Å². The maximum Gasteiger partial charge on any atom is 0.132 e. The summed E-state index contributed by atoms with van der Waals surface area (Å²) >= 11 is 0. The van der Waals surface area contributed by atoms with E-state index in [0.29, 0.717) is 12.0 Å². The number of piperidine rings is 1. The van der Waals surface area contributed by atoms with E-state index in [9.17, 15) is 0 Å². The summed E-state index contributed by atoms with van der Waals surface area (Å²) in [5.74, 6) is 1.62. The zero-order valence-electron chi connectivity index (χ0n) is 16.0. The standard InChI is InChI=1S/C19H33N5O/c1-22(2)10-11-24(14-17-5-4-12-25-17)19-13-18(20-15-21-19)16-6-8-23(3)9-7-16/h13,15-17H,4-12,14H2,1-3H3. The van der Waals surface area contributed by atoms with Crippen LogP contribution in [0.25, 0.3) is 0 Å². The van der Waals surface area contributed by atoms with E-state index in [2.05, 4.69) is 51.9 Å². The highest BCUT2D eigenvalue weighted by Gasteiger charge is 2.23. The van der Waals surface area contributed by atoms with Crippen molar-refractivity contribution in [3.8, 4) is 0 Å². The van der Waals surface area contributed by atoms with Crippen molar-refractivity contribution in [3.63, 3.8) is 0 Å². The highest BCUT2D eigenvalue weighted by Crippen LogP contribution is 2.28. The predicted molar refractivity (Wildman–Crippen MR) is 101 cm³/mol. The van der Waals surface area contributed by atoms with Gasteiger partial charge in [-0.2, -0.15) is 0 Å². The molecule has 3 rings (SSSR count). The van der Waals surface area contributed by atoms with Gasteiger partial charge >= 0.3 is 0 Å². The van der Waals surface area contributed by atoms with Crippen molar-refractivity contribution in [2.45, 2.75) is 37.7 Å². The van der Waals surface area contributed by atoms with E-state index in [1.54, 1.807) is 6.33 Å². The van der Waals surface area contributed by atoms with Gasteiger partial charge in [-0.15, -0.1) is 0 Å². The van der Waals surface area contributed by atoms with Gasteiger partial charge in [-0.05, 0) is 59.9 Å². The Morgan fingerprint density at radius 2 is 1.96 bits per heavy atom. The van der Waals surface area contributed by atoms with Gasteiger partial charge < -0.3 is 19.4 Å². The molecule has 1 aromatic rings. The lowest BCUT2D eigenvalue weighted by atomic mass is 9.93. The summed E-state index contributed by atoms with van der Waals surface area (Å²) in [5.41, 5.74) is 1.21. The predicted octanol–water partition coefficient (Wildman–Crippen LogP) is 1.83. The molecule has 2 fully saturated rings. The average molecular weight is 348 g/mol. The summed E-state index contributed by atoms with van der Waals surface area (Å²) in [6.07, 6.45) is 6.81. The van der Waals surface area contributed by atoms with Crippen molar-refractivity contribution in [2.24, 2.45) is 0 Å². The molecule has 0 N–H and O–H groups in total. The normalized spacial score (nSPS) is 22.6. The third-order valence-corrected chi connectivity index (χ3v) is 5.40. The fourth-order valence-electron chi connectivity index (χ4n) is 3.72. The Morgan fingerprint density at radius 3 is 2.64 bits per heavy atom. The van der Waals surface area contributed by atoms with Crippen molar-refractivity contribution in [1.29, 1.82) is 0 Å². The minimum atomic E-state index is 0.337. The first-order valence-electron chi connectivity index (χ1n) is 9.63. The molecule has 0 aromatic carbocycles. The van der Waals surface area contributed by atoms with Crippen molar-refractivity contribution in [3.05, 3.63) is 18.1 Å². The first kappa shape index (κ1) is 18.5. The van der Waals surface area contributed by atoms with Crippen molar-refractivity contribution in [2.75, 3.05) is 65.4 Å². The smallest absolute Gasteiger partial charge is 0.132 e. The van der Waals surface area contributed by atoms with Crippen LogP contribution in [0.15, 0.2) is 12.4 Å². The Bertz CT molecular complexity index is 524. The number of ether oxygens (including phenoxy) is 1. The van der Waals surface area contributed by atoms with Crippen LogP contribution in [0.4, 0.5) is 5.82 Å². The fourth-order valence-corrected chi connectivity index (χ4v) is 3.72. The van der Waals surface area contributed by atoms with Crippen LogP contribution in [0.2, 0.25) is 0 Å². The number of anilines is 1. The second-order valence-electron chi connectivity index (χ2n) is 7.76. The van der Waals surface area contributed by atoms with E-state index in [0.717, 1.165) is 51.6 Å². The average Bonchev–Trinajstić information content (AvgIpc) is 3.12. The molecule has 2 aliphatic rings. The number of rotatable bonds is 7. The van der Waals surface area contributed by atoms with Gasteiger partial charge in [0.2, 0.25) is 0 Å². The Balaban J connectivity index is 1.71. The molecule has 2 saturated heterocycles. The van der Waals surface area contributed by atoms with Crippen LogP contribution < -0.4 is 4.90 Å². The van der Waals surface area contributed by atoms with Crippen LogP contribution >= 0.6 is 0 Å². The van der Waals surface area contributed by atoms with Crippen LogP contribution in [0.3, 0.4) is 0 Å². The topological polar surface area (TPSA) is 44.7 Å². The van der Waals surface area contributed by atoms with Crippen molar-refractivity contribution >= 4 is 5.82 Å². The second-order valence-corrected chi connectivity index (χ2v) is 7.76. The Kier molecular flexibility index (Phi) is 6.62. The maximum absolute atomic E-state index is 5.87. The van der Waals surface area contributed by atoms with E-state index < -0.39 is 0 Å². The molecule has 1 unspecified atom stereocenters. The Morgan fingerprint density at radius 1 is 1.16 bits per heavy atom. The Hall–Kier alpha value is -1.24. The minimum Gasteiger partial charge on any atom is -0.376 e. The van der Waals surface area contributed by atoms with E-state index in [-0.39, 0.29) is 0 Å². The van der Waals surface area contributed by atoms with Gasteiger partial charge in [0.1, 0.15) is 12.1 Å². The first-order chi connectivity index (χ1) is 12.1. The summed E-state index contributed by atoms with van der Waals surface area (Å²) in [4.78, 5) is 16.2. The number of likely N-dealkylation sites (N-methyl/N-ethyl adjacent to an activating group) is 1. The molecule has 0 bridgehead atoms. The van der Waals surface area contributed by atoms with E-state index in [1.165, 1.54) is 25.0 Å². The van der Waals surface area contributed by atoms with Crippen molar-refractivity contribution < 1.29 is 4.74 Å². The minimum absolute atomic E-state index is 0.337. The number of hydrogen-bond donors (Lipinski definition) is 0. The molecule has 0 saturated carbocycles. The summed E-state index contributed by atoms with van der Waals surface area (Å²) in [6.45, 7) is 6.13. The summed E-state index contributed by atoms with van der Waals surface area (Å²) in [5, 5.41) is 0. The van der Waals surface area contributed by atoms with Crippen LogP contribution in [-0.2, 0) is 4.74 Å². The van der Waals surface area contributed by atoms with Gasteiger partial charge in [-0.1, -0.05) is 0 Å². The molecular weight excluding hydrogens is 314 g/mol. The zero-order valence-corrected chi connectivity index (χ0v) is 16.0. The molecule has 0 spiro atoms. The zero-order chi connectivity index (χ0) is 17.6. The van der Waals surface area contributed by atoms with Crippen LogP contribution in [-0.4, -0.2) is 86.3 Å². The molecule has 6 nitrogen and oxygen atoms in total. The van der Waals surface area contributed by atoms with Gasteiger partial charge in [-0.3, -0.25) is 0 Å². The van der Waals surface area contributed by atoms with Crippen molar-refractivity contribution in [1.82, 2.24) is 19.8 Å². The van der Waals surface area contributed by atoms with E-state index in [4.69, 9.17) is 4.74 Å². The van der Waals surface area contributed by atoms with E-state index >= 15 is 0 Å². The summed E-state index contributed by atoms with van der Waals surface area (Å²) in [6, 6.07) is 2.22. The molecule has 0 aliphatic carbocycles. The molecule has 0 amide bonds. The van der Waals surface area contributed by atoms with Gasteiger partial charge in [0, 0.05) is 43.9 Å². The molecule has 0 radical (unpaired) electrons.